The first kappa shape index (κ1) is 19.4. The Bertz CT molecular complexity index is 802. The van der Waals surface area contributed by atoms with E-state index in [-0.39, 0.29) is 23.3 Å². The standard InChI is InChI=1S/C20H29N4O3/c1-13(2)24-16-14(17(21-6)22-24)11-20(12-15(16)25)7-9-23(10-8-20)18(26)27-19(3,4)5/h6,13H,7-12H2,1-5H3/q+1. The zero-order valence-electron chi connectivity index (χ0n) is 16.9. The molecule has 0 aromatic carbocycles. The fourth-order valence-electron chi connectivity index (χ4n) is 4.10. The van der Waals surface area contributed by atoms with Crippen molar-refractivity contribution in [1.29, 1.82) is 0 Å². The highest BCUT2D eigenvalue weighted by Gasteiger charge is 2.47. The minimum Gasteiger partial charge on any atom is -0.444 e. The number of rotatable bonds is 1. The van der Waals surface area contributed by atoms with Gasteiger partial charge in [-0.25, -0.2) is 4.79 Å². The van der Waals surface area contributed by atoms with Crippen LogP contribution >= 0.6 is 0 Å². The fraction of sp³-hybridized carbons (Fsp3) is 0.700. The third kappa shape index (κ3) is 3.71. The van der Waals surface area contributed by atoms with Crippen LogP contribution in [0.2, 0.25) is 0 Å². The number of likely N-dealkylation sites (tertiary alicyclic amines) is 1. The largest absolute Gasteiger partial charge is 0.453 e. The van der Waals surface area contributed by atoms with E-state index in [2.05, 4.69) is 9.94 Å². The van der Waals surface area contributed by atoms with Crippen LogP contribution in [-0.4, -0.2) is 45.2 Å². The Labute approximate surface area is 160 Å². The molecule has 1 amide bonds. The Morgan fingerprint density at radius 2 is 1.89 bits per heavy atom. The quantitative estimate of drug-likeness (QED) is 0.740. The molecule has 3 rings (SSSR count). The molecule has 1 spiro atoms. The van der Waals surface area contributed by atoms with E-state index in [0.29, 0.717) is 31.0 Å². The van der Waals surface area contributed by atoms with Gasteiger partial charge in [-0.15, -0.1) is 0 Å². The van der Waals surface area contributed by atoms with E-state index in [4.69, 9.17) is 11.3 Å². The van der Waals surface area contributed by atoms with E-state index in [1.165, 1.54) is 0 Å². The van der Waals surface area contributed by atoms with Gasteiger partial charge in [-0.3, -0.25) is 4.79 Å². The molecule has 0 N–H and O–H groups in total. The molecule has 1 aliphatic heterocycles. The van der Waals surface area contributed by atoms with E-state index in [9.17, 15) is 9.59 Å². The lowest BCUT2D eigenvalue weighted by atomic mass is 9.67. The van der Waals surface area contributed by atoms with Gasteiger partial charge in [-0.05, 0) is 59.3 Å². The molecule has 2 heterocycles. The maximum atomic E-state index is 13.0. The number of fused-ring (bicyclic) bond motifs is 1. The van der Waals surface area contributed by atoms with E-state index >= 15 is 0 Å². The van der Waals surface area contributed by atoms with Gasteiger partial charge in [0.15, 0.2) is 5.78 Å². The van der Waals surface area contributed by atoms with Crippen molar-refractivity contribution in [2.45, 2.75) is 71.9 Å². The van der Waals surface area contributed by atoms with Gasteiger partial charge < -0.3 is 9.64 Å². The molecule has 1 saturated heterocycles. The molecule has 7 heteroatoms. The Kier molecular flexibility index (Phi) is 4.79. The number of Topliss-reactive ketones (excluding diaryl/α,β-unsaturated/α-hetero) is 1. The zero-order chi connectivity index (χ0) is 20.0. The molecule has 0 radical (unpaired) electrons. The number of ketones is 1. The van der Waals surface area contributed by atoms with E-state index in [1.54, 1.807) is 9.58 Å². The van der Waals surface area contributed by atoms with Gasteiger partial charge in [-0.2, -0.15) is 9.53 Å². The second-order valence-corrected chi connectivity index (χ2v) is 9.06. The van der Waals surface area contributed by atoms with Crippen molar-refractivity contribution in [2.24, 2.45) is 5.41 Å². The molecule has 1 aromatic heterocycles. The Morgan fingerprint density at radius 3 is 2.41 bits per heavy atom. The summed E-state index contributed by atoms with van der Waals surface area (Å²) in [5.41, 5.74) is 0.833. The van der Waals surface area contributed by atoms with Crippen LogP contribution in [0.15, 0.2) is 0 Å². The summed E-state index contributed by atoms with van der Waals surface area (Å²) in [4.78, 5) is 30.8. The lowest BCUT2D eigenvalue weighted by Gasteiger charge is -2.43. The van der Waals surface area contributed by atoms with Crippen LogP contribution in [0.1, 0.15) is 76.0 Å². The number of carbonyl (C=O) groups excluding carboxylic acids is 2. The predicted octanol–water partition coefficient (Wildman–Crippen LogP) is 4.20. The number of nitrogens with zero attached hydrogens (tertiary/aromatic N) is 4. The third-order valence-corrected chi connectivity index (χ3v) is 5.43. The highest BCUT2D eigenvalue weighted by atomic mass is 16.6. The summed E-state index contributed by atoms with van der Waals surface area (Å²) in [6.07, 6.45) is 2.43. The summed E-state index contributed by atoms with van der Waals surface area (Å²) < 4.78 is 7.21. The molecule has 2 aliphatic rings. The molecular formula is C20H29N4O3+. The molecule has 0 unspecified atom stereocenters. The topological polar surface area (TPSA) is 68.8 Å². The first-order valence-electron chi connectivity index (χ1n) is 9.59. The maximum absolute atomic E-state index is 13.0. The van der Waals surface area contributed by atoms with Crippen molar-refractivity contribution in [3.63, 3.8) is 0 Å². The van der Waals surface area contributed by atoms with Gasteiger partial charge in [0.1, 0.15) is 17.9 Å². The maximum Gasteiger partial charge on any atom is 0.453 e. The van der Waals surface area contributed by atoms with Gasteiger partial charge in [0.2, 0.25) is 0 Å². The average Bonchev–Trinajstić information content (AvgIpc) is 2.92. The minimum absolute atomic E-state index is 0.0706. The molecule has 0 bridgehead atoms. The predicted molar refractivity (Wildman–Crippen MR) is 103 cm³/mol. The number of hydrogen-bond donors (Lipinski definition) is 0. The number of ether oxygens (including phenoxy) is 1. The van der Waals surface area contributed by atoms with Crippen molar-refractivity contribution in [3.8, 4) is 6.57 Å². The second-order valence-electron chi connectivity index (χ2n) is 9.06. The molecule has 0 atom stereocenters. The number of carbonyl (C=O) groups is 2. The Balaban J connectivity index is 1.79. The number of aromatic nitrogens is 2. The number of piperidine rings is 1. The molecule has 1 aromatic rings. The van der Waals surface area contributed by atoms with Gasteiger partial charge in [0, 0.05) is 19.5 Å². The molecule has 1 aliphatic carbocycles. The van der Waals surface area contributed by atoms with Crippen LogP contribution in [0.3, 0.4) is 0 Å². The van der Waals surface area contributed by atoms with Crippen molar-refractivity contribution in [1.82, 2.24) is 14.7 Å². The third-order valence-electron chi connectivity index (χ3n) is 5.43. The number of amides is 1. The summed E-state index contributed by atoms with van der Waals surface area (Å²) in [7, 11) is 0. The number of hydrogen-bond acceptors (Lipinski definition) is 4. The van der Waals surface area contributed by atoms with Crippen LogP contribution < -0.4 is 0 Å². The fourth-order valence-corrected chi connectivity index (χ4v) is 4.10. The van der Waals surface area contributed by atoms with Gasteiger partial charge in [-0.1, -0.05) is 0 Å². The van der Waals surface area contributed by atoms with E-state index < -0.39 is 5.60 Å². The normalized spacial score (nSPS) is 19.1. The average molecular weight is 373 g/mol. The monoisotopic (exact) mass is 373 g/mol. The van der Waals surface area contributed by atoms with Crippen LogP contribution in [-0.2, 0) is 11.2 Å². The molecule has 0 saturated carbocycles. The van der Waals surface area contributed by atoms with Crippen molar-refractivity contribution >= 4 is 17.7 Å². The van der Waals surface area contributed by atoms with Crippen LogP contribution in [0, 0.1) is 12.0 Å². The van der Waals surface area contributed by atoms with E-state index in [0.717, 1.165) is 24.8 Å². The highest BCUT2D eigenvalue weighted by Crippen LogP contribution is 2.46. The van der Waals surface area contributed by atoms with Gasteiger partial charge in [0.25, 0.3) is 0 Å². The SMILES string of the molecule is C#[N+]c1nn(C(C)C)c2c1CC1(CCN(C(=O)OC(C)(C)C)CC1)CC2=O. The van der Waals surface area contributed by atoms with Crippen LogP contribution in [0.5, 0.6) is 0 Å². The minimum atomic E-state index is -0.509. The van der Waals surface area contributed by atoms with Crippen molar-refractivity contribution in [2.75, 3.05) is 13.1 Å². The first-order chi connectivity index (χ1) is 12.6. The lowest BCUT2D eigenvalue weighted by Crippen LogP contribution is -2.47. The van der Waals surface area contributed by atoms with E-state index in [1.807, 2.05) is 34.6 Å². The highest BCUT2D eigenvalue weighted by molar-refractivity contribution is 5.99. The molecule has 146 valence electrons. The summed E-state index contributed by atoms with van der Waals surface area (Å²) in [5, 5.41) is 4.44. The van der Waals surface area contributed by atoms with Crippen molar-refractivity contribution in [3.05, 3.63) is 16.1 Å². The van der Waals surface area contributed by atoms with Gasteiger partial charge >= 0.3 is 11.9 Å². The van der Waals surface area contributed by atoms with Crippen molar-refractivity contribution < 1.29 is 14.3 Å². The first-order valence-corrected chi connectivity index (χ1v) is 9.59. The molecule has 7 nitrogen and oxygen atoms in total. The zero-order valence-corrected chi connectivity index (χ0v) is 16.9. The summed E-state index contributed by atoms with van der Waals surface area (Å²) in [6.45, 7) is 16.3. The van der Waals surface area contributed by atoms with Gasteiger partial charge in [0.05, 0.1) is 16.7 Å². The summed E-state index contributed by atoms with van der Waals surface area (Å²) >= 11 is 0. The second kappa shape index (κ2) is 6.66. The Hall–Kier alpha value is -2.36. The summed E-state index contributed by atoms with van der Waals surface area (Å²) in [6, 6.07) is 0.0706. The molecule has 27 heavy (non-hydrogen) atoms. The molecular weight excluding hydrogens is 344 g/mol. The van der Waals surface area contributed by atoms with Crippen LogP contribution in [0.25, 0.3) is 4.85 Å². The Morgan fingerprint density at radius 1 is 1.26 bits per heavy atom. The molecule has 1 fully saturated rings. The summed E-state index contributed by atoms with van der Waals surface area (Å²) in [5.74, 6) is 0.554. The smallest absolute Gasteiger partial charge is 0.444 e. The lowest BCUT2D eigenvalue weighted by molar-refractivity contribution is 0.00880. The van der Waals surface area contributed by atoms with Crippen LogP contribution in [0.4, 0.5) is 10.6 Å².